The van der Waals surface area contributed by atoms with Gasteiger partial charge in [0.15, 0.2) is 0 Å². The first-order valence-corrected chi connectivity index (χ1v) is 19.7. The third kappa shape index (κ3) is 8.04. The van der Waals surface area contributed by atoms with E-state index in [2.05, 4.69) is 31.9 Å². The van der Waals surface area contributed by atoms with Crippen LogP contribution in [0.4, 0.5) is 4.79 Å². The van der Waals surface area contributed by atoms with Gasteiger partial charge in [0.25, 0.3) is 0 Å². The number of methoxy groups -OCH3 is 1. The smallest absolute Gasteiger partial charge is 0.407 e. The number of carbonyl (C=O) groups is 7. The van der Waals surface area contributed by atoms with Crippen LogP contribution in [-0.4, -0.2) is 85.0 Å². The summed E-state index contributed by atoms with van der Waals surface area (Å²) in [5.41, 5.74) is 0.871. The van der Waals surface area contributed by atoms with Gasteiger partial charge in [0.2, 0.25) is 29.5 Å². The summed E-state index contributed by atoms with van der Waals surface area (Å²) in [6, 6.07) is 7.59. The number of amides is 6. The van der Waals surface area contributed by atoms with Crippen LogP contribution in [0.3, 0.4) is 0 Å². The van der Waals surface area contributed by atoms with Crippen LogP contribution in [0, 0.1) is 35.5 Å². The Bertz CT molecular complexity index is 1620. The van der Waals surface area contributed by atoms with Crippen molar-refractivity contribution in [2.75, 3.05) is 7.11 Å². The third-order valence-corrected chi connectivity index (χ3v) is 13.0. The van der Waals surface area contributed by atoms with Crippen LogP contribution in [-0.2, 0) is 44.8 Å². The predicted octanol–water partition coefficient (Wildman–Crippen LogP) is 1.34. The lowest BCUT2D eigenvalue weighted by Crippen LogP contribution is -2.62. The van der Waals surface area contributed by atoms with Gasteiger partial charge in [0, 0.05) is 36.3 Å². The number of carbonyl (C=O) groups excluding carboxylic acids is 7. The van der Waals surface area contributed by atoms with Gasteiger partial charge in [-0.2, -0.15) is 0 Å². The summed E-state index contributed by atoms with van der Waals surface area (Å²) in [5.74, 6) is -3.41. The minimum Gasteiger partial charge on any atom is -0.469 e. The third-order valence-electron chi connectivity index (χ3n) is 13.0. The standard InChI is InChI=1S/C39H52N6O9/c1-53-38(51)26-12-18-32(26)44-36(49)24-10-16-30(24)42-34(47)22-8-14-28(22)40-33(46)21-7-13-27(21)41-35(48)23-9-15-29(23)43-37(50)25-11-17-31(25)45-39(52)54-19-20-5-3-2-4-6-20/h2-6,21-32H,7-19H2,1H3,(H,40,46)(H,41,48)(H,42,47)(H,43,50)(H,44,49)(H,45,52)/t21-,22-,23-,24-,25-,26-,27+,28+,29+,30+,31+,32+/m1/s1. The molecule has 1 aromatic carbocycles. The summed E-state index contributed by atoms with van der Waals surface area (Å²) in [6.07, 6.45) is 7.43. The molecule has 6 N–H and O–H groups in total. The second kappa shape index (κ2) is 16.4. The normalized spacial score (nSPS) is 34.5. The molecular weight excluding hydrogens is 696 g/mol. The molecule has 54 heavy (non-hydrogen) atoms. The zero-order valence-corrected chi connectivity index (χ0v) is 30.7. The Labute approximate surface area is 314 Å². The number of ether oxygens (including phenoxy) is 2. The van der Waals surface area contributed by atoms with E-state index >= 15 is 0 Å². The molecule has 0 bridgehead atoms. The highest BCUT2D eigenvalue weighted by Crippen LogP contribution is 2.36. The molecule has 6 amide bonds. The lowest BCUT2D eigenvalue weighted by molar-refractivity contribution is -0.150. The molecule has 0 aromatic heterocycles. The molecule has 6 aliphatic rings. The molecule has 0 radical (unpaired) electrons. The van der Waals surface area contributed by atoms with E-state index in [-0.39, 0.29) is 108 Å². The molecule has 0 spiro atoms. The van der Waals surface area contributed by atoms with E-state index in [9.17, 15) is 33.6 Å². The fourth-order valence-electron chi connectivity index (χ4n) is 8.40. The van der Waals surface area contributed by atoms with Crippen LogP contribution in [0.2, 0.25) is 0 Å². The maximum atomic E-state index is 13.3. The maximum Gasteiger partial charge on any atom is 0.407 e. The molecule has 6 fully saturated rings. The van der Waals surface area contributed by atoms with Gasteiger partial charge in [-0.1, -0.05) is 30.3 Å². The average Bonchev–Trinajstić information content (AvgIpc) is 3.08. The van der Waals surface area contributed by atoms with E-state index in [4.69, 9.17) is 9.47 Å². The number of benzene rings is 1. The molecule has 15 nitrogen and oxygen atoms in total. The summed E-state index contributed by atoms with van der Waals surface area (Å²) in [6.45, 7) is 0.143. The fraction of sp³-hybridized carbons (Fsp3) is 0.667. The quantitative estimate of drug-likeness (QED) is 0.152. The lowest BCUT2D eigenvalue weighted by atomic mass is 9.73. The van der Waals surface area contributed by atoms with Crippen molar-refractivity contribution in [1.29, 1.82) is 0 Å². The summed E-state index contributed by atoms with van der Waals surface area (Å²) in [7, 11) is 1.34. The molecule has 7 rings (SSSR count). The van der Waals surface area contributed by atoms with E-state index in [0.717, 1.165) is 12.0 Å². The minimum absolute atomic E-state index is 0.143. The lowest BCUT2D eigenvalue weighted by Gasteiger charge is -2.44. The highest BCUT2D eigenvalue weighted by atomic mass is 16.5. The van der Waals surface area contributed by atoms with Gasteiger partial charge in [0.05, 0.1) is 42.6 Å². The van der Waals surface area contributed by atoms with Gasteiger partial charge in [-0.05, 0) is 82.6 Å². The summed E-state index contributed by atoms with van der Waals surface area (Å²) in [4.78, 5) is 89.9. The van der Waals surface area contributed by atoms with Gasteiger partial charge in [-0.3, -0.25) is 28.8 Å². The second-order valence-electron chi connectivity index (χ2n) is 16.0. The van der Waals surface area contributed by atoms with Gasteiger partial charge in [0.1, 0.15) is 6.61 Å². The van der Waals surface area contributed by atoms with Gasteiger partial charge in [-0.15, -0.1) is 0 Å². The Morgan fingerprint density at radius 3 is 1.07 bits per heavy atom. The summed E-state index contributed by atoms with van der Waals surface area (Å²) in [5, 5.41) is 17.9. The summed E-state index contributed by atoms with van der Waals surface area (Å²) >= 11 is 0. The Morgan fingerprint density at radius 1 is 0.463 bits per heavy atom. The van der Waals surface area contributed by atoms with E-state index in [1.165, 1.54) is 7.11 Å². The van der Waals surface area contributed by atoms with Gasteiger partial charge >= 0.3 is 12.1 Å². The van der Waals surface area contributed by atoms with Gasteiger partial charge in [-0.25, -0.2) is 4.79 Å². The Balaban J connectivity index is 0.801. The largest absolute Gasteiger partial charge is 0.469 e. The highest BCUT2D eigenvalue weighted by Gasteiger charge is 2.48. The molecular formula is C39H52N6O9. The first-order valence-electron chi connectivity index (χ1n) is 19.7. The number of rotatable bonds is 14. The van der Waals surface area contributed by atoms with E-state index in [1.807, 2.05) is 30.3 Å². The van der Waals surface area contributed by atoms with Crippen LogP contribution >= 0.6 is 0 Å². The van der Waals surface area contributed by atoms with E-state index in [0.29, 0.717) is 70.6 Å². The molecule has 0 aliphatic heterocycles. The molecule has 15 heteroatoms. The number of esters is 1. The highest BCUT2D eigenvalue weighted by molar-refractivity contribution is 5.88. The SMILES string of the molecule is COC(=O)[C@@H]1CC[C@@H]1NC(=O)[C@@H]1CC[C@@H]1NC(=O)[C@@H]1CC[C@@H]1NC(=O)[C@@H]1CC[C@@H]1NC(=O)[C@@H]1CC[C@@H]1NC(=O)[C@@H]1CC[C@@H]1NC(=O)OCc1ccccc1. The molecule has 292 valence electrons. The number of hydrogen-bond acceptors (Lipinski definition) is 9. The van der Waals surface area contributed by atoms with Crippen molar-refractivity contribution in [2.24, 2.45) is 35.5 Å². The van der Waals surface area contributed by atoms with Crippen molar-refractivity contribution in [2.45, 2.75) is 120 Å². The molecule has 0 saturated heterocycles. The van der Waals surface area contributed by atoms with E-state index in [1.54, 1.807) is 0 Å². The zero-order chi connectivity index (χ0) is 37.9. The first-order chi connectivity index (χ1) is 26.1. The fourth-order valence-corrected chi connectivity index (χ4v) is 8.40. The first kappa shape index (κ1) is 37.6. The van der Waals surface area contributed by atoms with Crippen molar-refractivity contribution in [1.82, 2.24) is 31.9 Å². The van der Waals surface area contributed by atoms with Crippen LogP contribution in [0.25, 0.3) is 0 Å². The second-order valence-corrected chi connectivity index (χ2v) is 16.0. The van der Waals surface area contributed by atoms with Crippen molar-refractivity contribution < 1.29 is 43.0 Å². The topological polar surface area (TPSA) is 210 Å². The average molecular weight is 749 g/mol. The Hall–Kier alpha value is -4.69. The maximum absolute atomic E-state index is 13.3. The van der Waals surface area contributed by atoms with Crippen LogP contribution < -0.4 is 31.9 Å². The monoisotopic (exact) mass is 748 g/mol. The van der Waals surface area contributed by atoms with Crippen molar-refractivity contribution in [3.63, 3.8) is 0 Å². The molecule has 0 unspecified atom stereocenters. The number of hydrogen-bond donors (Lipinski definition) is 6. The predicted molar refractivity (Wildman–Crippen MR) is 192 cm³/mol. The van der Waals surface area contributed by atoms with Crippen LogP contribution in [0.15, 0.2) is 30.3 Å². The summed E-state index contributed by atoms with van der Waals surface area (Å²) < 4.78 is 10.1. The Kier molecular flexibility index (Phi) is 11.4. The molecule has 6 aliphatic carbocycles. The van der Waals surface area contributed by atoms with Crippen molar-refractivity contribution in [3.8, 4) is 0 Å². The molecule has 1 aromatic rings. The zero-order valence-electron chi connectivity index (χ0n) is 30.7. The minimum atomic E-state index is -0.567. The van der Waals surface area contributed by atoms with Gasteiger partial charge < -0.3 is 41.4 Å². The number of alkyl carbamates (subject to hydrolysis) is 1. The van der Waals surface area contributed by atoms with Crippen LogP contribution in [0.5, 0.6) is 0 Å². The molecule has 6 saturated carbocycles. The molecule has 12 atom stereocenters. The number of nitrogens with one attached hydrogen (secondary N) is 6. The Morgan fingerprint density at radius 2 is 0.778 bits per heavy atom. The van der Waals surface area contributed by atoms with E-state index < -0.39 is 12.0 Å². The van der Waals surface area contributed by atoms with Crippen LogP contribution in [0.1, 0.15) is 82.6 Å². The molecule has 0 heterocycles. The van der Waals surface area contributed by atoms with Crippen molar-refractivity contribution in [3.05, 3.63) is 35.9 Å². The van der Waals surface area contributed by atoms with Crippen molar-refractivity contribution >= 4 is 41.6 Å².